The first-order valence-electron chi connectivity index (χ1n) is 9.03. The summed E-state index contributed by atoms with van der Waals surface area (Å²) < 4.78 is 41.7. The zero-order valence-electron chi connectivity index (χ0n) is 15.6. The average Bonchev–Trinajstić information content (AvgIpc) is 3.12. The molecule has 2 N–H and O–H groups in total. The quantitative estimate of drug-likeness (QED) is 0.427. The largest absolute Gasteiger partial charge is 0.478 e. The molecule has 1 atom stereocenters. The highest BCUT2D eigenvalue weighted by Gasteiger charge is 2.37. The smallest absolute Gasteiger partial charge is 0.416 e. The number of fused-ring (bicyclic) bond motifs is 1. The van der Waals surface area contributed by atoms with Gasteiger partial charge in [-0.15, -0.1) is 0 Å². The van der Waals surface area contributed by atoms with E-state index in [2.05, 4.69) is 5.10 Å². The molecule has 4 aromatic rings. The van der Waals surface area contributed by atoms with Gasteiger partial charge in [-0.1, -0.05) is 48.0 Å². The Morgan fingerprint density at radius 3 is 2.32 bits per heavy atom. The molecule has 158 valence electrons. The molecule has 0 fully saturated rings. The van der Waals surface area contributed by atoms with E-state index in [1.807, 2.05) is 0 Å². The van der Waals surface area contributed by atoms with Gasteiger partial charge in [-0.25, -0.2) is 9.48 Å². The van der Waals surface area contributed by atoms with Gasteiger partial charge in [0.15, 0.2) is 6.23 Å². The van der Waals surface area contributed by atoms with E-state index >= 15 is 0 Å². The summed E-state index contributed by atoms with van der Waals surface area (Å²) in [5.74, 6) is -1.09. The second-order valence-corrected chi connectivity index (χ2v) is 7.17. The third kappa shape index (κ3) is 3.75. The topological polar surface area (TPSA) is 75.3 Å². The minimum atomic E-state index is -4.72. The molecule has 0 aliphatic rings. The molecular formula is C22H14ClF3N2O3. The van der Waals surface area contributed by atoms with Gasteiger partial charge in [0, 0.05) is 21.5 Å². The number of aliphatic hydroxyl groups is 1. The van der Waals surface area contributed by atoms with Crippen molar-refractivity contribution < 1.29 is 28.2 Å². The Morgan fingerprint density at radius 1 is 1.00 bits per heavy atom. The van der Waals surface area contributed by atoms with Crippen LogP contribution in [0.4, 0.5) is 13.2 Å². The van der Waals surface area contributed by atoms with Crippen LogP contribution in [0.3, 0.4) is 0 Å². The summed E-state index contributed by atoms with van der Waals surface area (Å²) in [5.41, 5.74) is -0.162. The monoisotopic (exact) mass is 446 g/mol. The van der Waals surface area contributed by atoms with E-state index in [0.717, 1.165) is 16.8 Å². The van der Waals surface area contributed by atoms with Crippen LogP contribution in [0.2, 0.25) is 5.02 Å². The number of nitrogens with zero attached hydrogens (tertiary/aromatic N) is 2. The third-order valence-corrected chi connectivity index (χ3v) is 5.20. The number of aromatic carboxylic acids is 1. The van der Waals surface area contributed by atoms with Gasteiger partial charge >= 0.3 is 12.1 Å². The van der Waals surface area contributed by atoms with Crippen LogP contribution in [-0.4, -0.2) is 26.0 Å². The molecule has 0 aliphatic carbocycles. The molecule has 0 bridgehead atoms. The van der Waals surface area contributed by atoms with Crippen LogP contribution in [0.5, 0.6) is 0 Å². The molecular weight excluding hydrogens is 433 g/mol. The number of alkyl halides is 3. The first-order valence-corrected chi connectivity index (χ1v) is 9.41. The van der Waals surface area contributed by atoms with E-state index in [-0.39, 0.29) is 10.6 Å². The van der Waals surface area contributed by atoms with E-state index in [1.165, 1.54) is 18.2 Å². The number of carboxylic acids is 1. The zero-order valence-corrected chi connectivity index (χ0v) is 16.4. The van der Waals surface area contributed by atoms with Crippen molar-refractivity contribution in [2.45, 2.75) is 12.4 Å². The molecule has 0 spiro atoms. The zero-order chi connectivity index (χ0) is 22.3. The van der Waals surface area contributed by atoms with E-state index in [4.69, 9.17) is 16.7 Å². The molecule has 1 heterocycles. The van der Waals surface area contributed by atoms with Gasteiger partial charge in [-0.3, -0.25) is 0 Å². The molecule has 4 rings (SSSR count). The van der Waals surface area contributed by atoms with Crippen molar-refractivity contribution in [1.82, 2.24) is 9.78 Å². The molecule has 0 amide bonds. The lowest BCUT2D eigenvalue weighted by Gasteiger charge is -2.20. The number of halogens is 4. The number of rotatable bonds is 4. The number of carbonyl (C=O) groups is 1. The van der Waals surface area contributed by atoms with Crippen molar-refractivity contribution in [2.75, 3.05) is 0 Å². The van der Waals surface area contributed by atoms with Crippen LogP contribution in [0.25, 0.3) is 22.2 Å². The number of carboxylic acid groups (broad SMARTS) is 1. The molecule has 0 saturated heterocycles. The third-order valence-electron chi connectivity index (χ3n) is 4.87. The molecule has 0 radical (unpaired) electrons. The van der Waals surface area contributed by atoms with Gasteiger partial charge in [0.05, 0.1) is 16.6 Å². The van der Waals surface area contributed by atoms with Crippen LogP contribution >= 0.6 is 11.6 Å². The lowest BCUT2D eigenvalue weighted by molar-refractivity contribution is -0.139. The fourth-order valence-corrected chi connectivity index (χ4v) is 3.70. The highest BCUT2D eigenvalue weighted by atomic mass is 35.5. The predicted molar refractivity (Wildman–Crippen MR) is 109 cm³/mol. The molecule has 31 heavy (non-hydrogen) atoms. The van der Waals surface area contributed by atoms with Crippen molar-refractivity contribution in [2.24, 2.45) is 0 Å². The van der Waals surface area contributed by atoms with Crippen molar-refractivity contribution in [3.05, 3.63) is 88.4 Å². The standard InChI is InChI=1S/C22H14ClF3N2O3/c23-16-6-3-5-15(22(24,25)26)18(16)20(29)28-17-7-2-1-4-14(17)19(27-28)12-8-10-13(11-9-12)21(30)31/h1-11,20,29H,(H,30,31). The Morgan fingerprint density at radius 2 is 1.68 bits per heavy atom. The summed E-state index contributed by atoms with van der Waals surface area (Å²) in [6.07, 6.45) is -6.53. The number of hydrogen-bond acceptors (Lipinski definition) is 3. The van der Waals surface area contributed by atoms with E-state index < -0.39 is 29.5 Å². The number of benzene rings is 3. The summed E-state index contributed by atoms with van der Waals surface area (Å²) in [6.45, 7) is 0. The first kappa shape index (κ1) is 20.9. The minimum absolute atomic E-state index is 0.0819. The molecule has 5 nitrogen and oxygen atoms in total. The van der Waals surface area contributed by atoms with Crippen LogP contribution in [0.15, 0.2) is 66.7 Å². The Kier molecular flexibility index (Phi) is 5.20. The summed E-state index contributed by atoms with van der Waals surface area (Å²) >= 11 is 6.05. The maximum absolute atomic E-state index is 13.5. The summed E-state index contributed by atoms with van der Waals surface area (Å²) in [6, 6.07) is 15.9. The fraction of sp³-hybridized carbons (Fsp3) is 0.0909. The Labute approximate surface area is 178 Å². The SMILES string of the molecule is O=C(O)c1ccc(-c2nn(C(O)c3c(Cl)cccc3C(F)(F)F)c3ccccc23)cc1. The van der Waals surface area contributed by atoms with Crippen LogP contribution in [0.1, 0.15) is 27.7 Å². The fourth-order valence-electron chi connectivity index (χ4n) is 3.43. The maximum Gasteiger partial charge on any atom is 0.416 e. The Balaban J connectivity index is 1.90. The number of aliphatic hydroxyl groups excluding tert-OH is 1. The van der Waals surface area contributed by atoms with Gasteiger partial charge in [0.1, 0.15) is 5.69 Å². The highest BCUT2D eigenvalue weighted by molar-refractivity contribution is 6.31. The summed E-state index contributed by atoms with van der Waals surface area (Å²) in [7, 11) is 0. The average molecular weight is 447 g/mol. The minimum Gasteiger partial charge on any atom is -0.478 e. The van der Waals surface area contributed by atoms with Gasteiger partial charge in [0.25, 0.3) is 0 Å². The lowest BCUT2D eigenvalue weighted by Crippen LogP contribution is -2.18. The molecule has 1 unspecified atom stereocenters. The summed E-state index contributed by atoms with van der Waals surface area (Å²) in [5, 5.41) is 24.7. The highest BCUT2D eigenvalue weighted by Crippen LogP contribution is 2.40. The number of para-hydroxylation sites is 1. The van der Waals surface area contributed by atoms with E-state index in [1.54, 1.807) is 36.4 Å². The first-order chi connectivity index (χ1) is 14.7. The van der Waals surface area contributed by atoms with Crippen LogP contribution in [-0.2, 0) is 6.18 Å². The van der Waals surface area contributed by atoms with E-state index in [9.17, 15) is 23.1 Å². The summed E-state index contributed by atoms with van der Waals surface area (Å²) in [4.78, 5) is 11.1. The molecule has 0 aliphatic heterocycles. The molecule has 3 aromatic carbocycles. The van der Waals surface area contributed by atoms with Gasteiger partial charge in [0.2, 0.25) is 0 Å². The molecule has 0 saturated carbocycles. The normalized spacial score (nSPS) is 12.8. The second-order valence-electron chi connectivity index (χ2n) is 6.77. The van der Waals surface area contributed by atoms with Crippen molar-refractivity contribution in [3.8, 4) is 11.3 Å². The van der Waals surface area contributed by atoms with E-state index in [0.29, 0.717) is 22.2 Å². The second kappa shape index (κ2) is 7.72. The maximum atomic E-state index is 13.5. The van der Waals surface area contributed by atoms with Gasteiger partial charge in [-0.05, 0) is 30.3 Å². The number of hydrogen-bond donors (Lipinski definition) is 2. The van der Waals surface area contributed by atoms with Crippen molar-refractivity contribution in [1.29, 1.82) is 0 Å². The van der Waals surface area contributed by atoms with Crippen molar-refractivity contribution in [3.63, 3.8) is 0 Å². The molecule has 1 aromatic heterocycles. The van der Waals surface area contributed by atoms with Gasteiger partial charge < -0.3 is 10.2 Å². The molecule has 9 heteroatoms. The van der Waals surface area contributed by atoms with Crippen LogP contribution in [0, 0.1) is 0 Å². The van der Waals surface area contributed by atoms with Gasteiger partial charge in [-0.2, -0.15) is 18.3 Å². The van der Waals surface area contributed by atoms with Crippen molar-refractivity contribution >= 4 is 28.5 Å². The Bertz CT molecular complexity index is 1280. The Hall–Kier alpha value is -3.36. The van der Waals surface area contributed by atoms with Crippen LogP contribution < -0.4 is 0 Å². The number of aromatic nitrogens is 2. The lowest BCUT2D eigenvalue weighted by atomic mass is 10.0. The predicted octanol–water partition coefficient (Wildman–Crippen LogP) is 5.61.